The molecule has 1 atom stereocenters. The topological polar surface area (TPSA) is 70.2 Å². The predicted molar refractivity (Wildman–Crippen MR) is 75.8 cm³/mol. The van der Waals surface area contributed by atoms with Gasteiger partial charge in [-0.3, -0.25) is 4.79 Å². The fraction of sp³-hybridized carbons (Fsp3) is 0.545. The monoisotopic (exact) mass is 315 g/mol. The zero-order valence-corrected chi connectivity index (χ0v) is 12.6. The van der Waals surface area contributed by atoms with Gasteiger partial charge in [-0.1, -0.05) is 6.92 Å². The maximum atomic E-state index is 11.5. The van der Waals surface area contributed by atoms with Crippen molar-refractivity contribution >= 4 is 33.5 Å². The van der Waals surface area contributed by atoms with Crippen LogP contribution in [0, 0.1) is 5.92 Å². The van der Waals surface area contributed by atoms with Crippen molar-refractivity contribution in [2.45, 2.75) is 6.92 Å². The third-order valence-electron chi connectivity index (χ3n) is 2.61. The number of amides is 1. The minimum atomic E-state index is -0.111. The lowest BCUT2D eigenvalue weighted by atomic mass is 10.1. The summed E-state index contributed by atoms with van der Waals surface area (Å²) in [6, 6.07) is 0. The van der Waals surface area contributed by atoms with E-state index in [0.29, 0.717) is 6.54 Å². The van der Waals surface area contributed by atoms with Gasteiger partial charge >= 0.3 is 0 Å². The lowest BCUT2D eigenvalue weighted by Crippen LogP contribution is -2.34. The Morgan fingerprint density at radius 1 is 1.50 bits per heavy atom. The van der Waals surface area contributed by atoms with E-state index in [9.17, 15) is 4.79 Å². The van der Waals surface area contributed by atoms with E-state index in [1.54, 1.807) is 14.1 Å². The van der Waals surface area contributed by atoms with Crippen molar-refractivity contribution in [3.63, 3.8) is 0 Å². The average Bonchev–Trinajstić information content (AvgIpc) is 2.37. The first-order chi connectivity index (χ1) is 8.51. The second kappa shape index (κ2) is 6.53. The van der Waals surface area contributed by atoms with Crippen molar-refractivity contribution < 1.29 is 4.79 Å². The molecule has 0 radical (unpaired) electrons. The van der Waals surface area contributed by atoms with Crippen molar-refractivity contribution in [1.29, 1.82) is 0 Å². The maximum Gasteiger partial charge on any atom is 0.224 e. The molecule has 1 unspecified atom stereocenters. The Labute approximate surface area is 115 Å². The summed E-state index contributed by atoms with van der Waals surface area (Å²) in [5.41, 5.74) is 0. The first-order valence-electron chi connectivity index (χ1n) is 5.62. The van der Waals surface area contributed by atoms with Gasteiger partial charge in [0.15, 0.2) is 0 Å². The first kappa shape index (κ1) is 14.7. The molecule has 1 amide bonds. The van der Waals surface area contributed by atoms with Crippen LogP contribution in [-0.2, 0) is 4.79 Å². The van der Waals surface area contributed by atoms with Crippen LogP contribution in [0.1, 0.15) is 6.92 Å². The van der Waals surface area contributed by atoms with Crippen LogP contribution in [0.3, 0.4) is 0 Å². The minimum Gasteiger partial charge on any atom is -0.372 e. The van der Waals surface area contributed by atoms with E-state index in [4.69, 9.17) is 0 Å². The van der Waals surface area contributed by atoms with Crippen molar-refractivity contribution in [3.8, 4) is 0 Å². The van der Waals surface area contributed by atoms with Crippen molar-refractivity contribution in [2.75, 3.05) is 37.9 Å². The molecule has 1 aromatic heterocycles. The van der Waals surface area contributed by atoms with Crippen LogP contribution < -0.4 is 15.5 Å². The summed E-state index contributed by atoms with van der Waals surface area (Å²) in [5, 5.41) is 5.61. The highest BCUT2D eigenvalue weighted by atomic mass is 79.9. The molecule has 1 heterocycles. The molecule has 2 N–H and O–H groups in total. The van der Waals surface area contributed by atoms with Crippen LogP contribution >= 0.6 is 15.9 Å². The van der Waals surface area contributed by atoms with Crippen LogP contribution in [-0.4, -0.2) is 43.6 Å². The molecule has 0 aromatic carbocycles. The Morgan fingerprint density at radius 2 is 2.17 bits per heavy atom. The van der Waals surface area contributed by atoms with Crippen LogP contribution in [0.5, 0.6) is 0 Å². The smallest absolute Gasteiger partial charge is 0.224 e. The highest BCUT2D eigenvalue weighted by Gasteiger charge is 2.17. The number of rotatable bonds is 5. The number of nitrogens with one attached hydrogen (secondary N) is 2. The molecule has 6 nitrogen and oxygen atoms in total. The summed E-state index contributed by atoms with van der Waals surface area (Å²) in [4.78, 5) is 21.7. The number of anilines is 2. The zero-order chi connectivity index (χ0) is 13.7. The summed E-state index contributed by atoms with van der Waals surface area (Å²) < 4.78 is 0.791. The molecule has 0 aliphatic rings. The molecule has 0 spiro atoms. The number of aromatic nitrogens is 2. The minimum absolute atomic E-state index is 0.0147. The highest BCUT2D eigenvalue weighted by molar-refractivity contribution is 9.10. The van der Waals surface area contributed by atoms with Crippen LogP contribution in [0.4, 0.5) is 11.6 Å². The van der Waals surface area contributed by atoms with Gasteiger partial charge in [-0.25, -0.2) is 9.97 Å². The Hall–Kier alpha value is -1.37. The molecule has 1 aromatic rings. The molecule has 7 heteroatoms. The van der Waals surface area contributed by atoms with E-state index in [1.165, 1.54) is 6.33 Å². The molecule has 0 aliphatic heterocycles. The molecule has 0 bridgehead atoms. The van der Waals surface area contributed by atoms with Crippen LogP contribution in [0.25, 0.3) is 0 Å². The van der Waals surface area contributed by atoms with Gasteiger partial charge < -0.3 is 15.5 Å². The SMILES string of the molecule is CNC(=O)C(C)CN(C)c1ncnc(NC)c1Br. The predicted octanol–water partition coefficient (Wildman–Crippen LogP) is 1.10. The normalized spacial score (nSPS) is 11.8. The van der Waals surface area contributed by atoms with Gasteiger partial charge in [0.05, 0.1) is 5.92 Å². The second-order valence-electron chi connectivity index (χ2n) is 4.01. The fourth-order valence-electron chi connectivity index (χ4n) is 1.63. The van der Waals surface area contributed by atoms with Gasteiger partial charge in [0.25, 0.3) is 0 Å². The third kappa shape index (κ3) is 3.32. The lowest BCUT2D eigenvalue weighted by Gasteiger charge is -2.23. The van der Waals surface area contributed by atoms with Gasteiger partial charge in [0.1, 0.15) is 22.4 Å². The highest BCUT2D eigenvalue weighted by Crippen LogP contribution is 2.28. The molecular formula is C11H18BrN5O. The maximum absolute atomic E-state index is 11.5. The number of carbonyl (C=O) groups is 1. The van der Waals surface area contributed by atoms with Crippen molar-refractivity contribution in [1.82, 2.24) is 15.3 Å². The van der Waals surface area contributed by atoms with Gasteiger partial charge in [0.2, 0.25) is 5.91 Å². The van der Waals surface area contributed by atoms with Crippen molar-refractivity contribution in [2.24, 2.45) is 5.92 Å². The first-order valence-corrected chi connectivity index (χ1v) is 6.41. The molecule has 1 rings (SSSR count). The van der Waals surface area contributed by atoms with Crippen LogP contribution in [0.15, 0.2) is 10.8 Å². The number of carbonyl (C=O) groups excluding carboxylic acids is 1. The molecule has 100 valence electrons. The van der Waals surface area contributed by atoms with E-state index in [0.717, 1.165) is 16.1 Å². The van der Waals surface area contributed by atoms with Gasteiger partial charge in [-0.2, -0.15) is 0 Å². The van der Waals surface area contributed by atoms with E-state index >= 15 is 0 Å². The van der Waals surface area contributed by atoms with E-state index in [-0.39, 0.29) is 11.8 Å². The molecule has 0 fully saturated rings. The Kier molecular flexibility index (Phi) is 5.33. The zero-order valence-electron chi connectivity index (χ0n) is 11.0. The quantitative estimate of drug-likeness (QED) is 0.851. The van der Waals surface area contributed by atoms with Crippen molar-refractivity contribution in [3.05, 3.63) is 10.8 Å². The molecule has 0 saturated carbocycles. The third-order valence-corrected chi connectivity index (χ3v) is 3.34. The lowest BCUT2D eigenvalue weighted by molar-refractivity contribution is -0.123. The molecule has 18 heavy (non-hydrogen) atoms. The number of hydrogen-bond acceptors (Lipinski definition) is 5. The number of nitrogens with zero attached hydrogens (tertiary/aromatic N) is 3. The fourth-order valence-corrected chi connectivity index (χ4v) is 2.33. The largest absolute Gasteiger partial charge is 0.372 e. The summed E-state index contributed by atoms with van der Waals surface area (Å²) in [7, 11) is 5.33. The van der Waals surface area contributed by atoms with Gasteiger partial charge in [-0.05, 0) is 15.9 Å². The van der Waals surface area contributed by atoms with Gasteiger partial charge in [-0.15, -0.1) is 0 Å². The number of halogens is 1. The van der Waals surface area contributed by atoms with Crippen LogP contribution in [0.2, 0.25) is 0 Å². The van der Waals surface area contributed by atoms with E-state index in [2.05, 4.69) is 36.5 Å². The average molecular weight is 316 g/mol. The van der Waals surface area contributed by atoms with Gasteiger partial charge in [0, 0.05) is 27.7 Å². The Bertz CT molecular complexity index is 426. The second-order valence-corrected chi connectivity index (χ2v) is 4.80. The standard InChI is InChI=1S/C11H18BrN5O/c1-7(11(18)14-3)5-17(4)10-8(12)9(13-2)15-6-16-10/h6-7H,5H2,1-4H3,(H,14,18)(H,13,15,16). The Balaban J connectivity index is 2.84. The van der Waals surface area contributed by atoms with E-state index < -0.39 is 0 Å². The molecular weight excluding hydrogens is 298 g/mol. The summed E-state index contributed by atoms with van der Waals surface area (Å²) >= 11 is 3.46. The summed E-state index contributed by atoms with van der Waals surface area (Å²) in [6.07, 6.45) is 1.49. The molecule has 0 aliphatic carbocycles. The van der Waals surface area contributed by atoms with E-state index in [1.807, 2.05) is 18.9 Å². The Morgan fingerprint density at radius 3 is 2.72 bits per heavy atom. The number of hydrogen-bond donors (Lipinski definition) is 2. The molecule has 0 saturated heterocycles. The summed E-state index contributed by atoms with van der Waals surface area (Å²) in [5.74, 6) is 1.38. The summed E-state index contributed by atoms with van der Waals surface area (Å²) in [6.45, 7) is 2.46.